The minimum absolute atomic E-state index is 0.195. The predicted molar refractivity (Wildman–Crippen MR) is 66.8 cm³/mol. The molecule has 110 valence electrons. The molecule has 1 aromatic rings. The van der Waals surface area contributed by atoms with E-state index in [1.807, 2.05) is 0 Å². The summed E-state index contributed by atoms with van der Waals surface area (Å²) in [4.78, 5) is 22.8. The zero-order valence-corrected chi connectivity index (χ0v) is 10.5. The van der Waals surface area contributed by atoms with Gasteiger partial charge in [0.15, 0.2) is 11.9 Å². The molecule has 0 unspecified atom stereocenters. The second-order valence-corrected chi connectivity index (χ2v) is 4.05. The van der Waals surface area contributed by atoms with Gasteiger partial charge in [-0.15, -0.1) is 0 Å². The molecule has 0 fully saturated rings. The van der Waals surface area contributed by atoms with Gasteiger partial charge in [-0.3, -0.25) is 4.79 Å². The molecule has 0 aromatic heterocycles. The van der Waals surface area contributed by atoms with Crippen LogP contribution in [0.2, 0.25) is 0 Å². The summed E-state index contributed by atoms with van der Waals surface area (Å²) in [6.07, 6.45) is -5.25. The lowest BCUT2D eigenvalue weighted by Crippen LogP contribution is -2.46. The van der Waals surface area contributed by atoms with Crippen molar-refractivity contribution in [3.63, 3.8) is 0 Å². The van der Waals surface area contributed by atoms with Gasteiger partial charge in [0.1, 0.15) is 18.8 Å². The van der Waals surface area contributed by atoms with Crippen molar-refractivity contribution >= 4 is 11.8 Å². The maximum absolute atomic E-state index is 11.7. The zero-order valence-electron chi connectivity index (χ0n) is 10.5. The van der Waals surface area contributed by atoms with Gasteiger partial charge in [0.05, 0.1) is 12.2 Å². The molecule has 0 bridgehead atoms. The first-order valence-electron chi connectivity index (χ1n) is 5.87. The van der Waals surface area contributed by atoms with Crippen LogP contribution in [0.25, 0.3) is 0 Å². The minimum atomic E-state index is -1.94. The van der Waals surface area contributed by atoms with Crippen molar-refractivity contribution in [3.05, 3.63) is 35.9 Å². The lowest BCUT2D eigenvalue weighted by atomic mass is 10.0. The molecule has 3 atom stereocenters. The Bertz CT molecular complexity index is 445. The highest BCUT2D eigenvalue weighted by Gasteiger charge is 2.33. The molecule has 0 aliphatic rings. The van der Waals surface area contributed by atoms with Crippen LogP contribution in [0.4, 0.5) is 0 Å². The van der Waals surface area contributed by atoms with Crippen molar-refractivity contribution in [2.24, 2.45) is 0 Å². The Balaban J connectivity index is 2.72. The largest absolute Gasteiger partial charge is 0.453 e. The van der Waals surface area contributed by atoms with Crippen LogP contribution in [0.1, 0.15) is 10.4 Å². The summed E-state index contributed by atoms with van der Waals surface area (Å²) in [5.74, 6) is -1.85. The SMILES string of the molecule is O=C(O[C@H](CO)[C@@H](O)[C@H](O)C(=O)CO)c1ccccc1. The maximum atomic E-state index is 11.7. The van der Waals surface area contributed by atoms with Crippen LogP contribution in [0.15, 0.2) is 30.3 Å². The molecule has 0 aliphatic carbocycles. The summed E-state index contributed by atoms with van der Waals surface area (Å²) >= 11 is 0. The summed E-state index contributed by atoms with van der Waals surface area (Å²) in [6.45, 7) is -1.75. The molecule has 0 aliphatic heterocycles. The predicted octanol–water partition coefficient (Wildman–Crippen LogP) is -1.51. The van der Waals surface area contributed by atoms with Crippen molar-refractivity contribution in [2.45, 2.75) is 18.3 Å². The van der Waals surface area contributed by atoms with E-state index in [1.165, 1.54) is 12.1 Å². The van der Waals surface area contributed by atoms with Gasteiger partial charge < -0.3 is 25.2 Å². The summed E-state index contributed by atoms with van der Waals surface area (Å²) in [5, 5.41) is 36.7. The number of benzene rings is 1. The second-order valence-electron chi connectivity index (χ2n) is 4.05. The third-order valence-electron chi connectivity index (χ3n) is 2.64. The standard InChI is InChI=1S/C13H16O7/c14-6-9(16)11(17)12(18)10(7-15)20-13(19)8-4-2-1-3-5-8/h1-5,10-12,14-15,17-18H,6-7H2/t10-,11-,12-/m1/s1. The number of hydrogen-bond donors (Lipinski definition) is 4. The fraction of sp³-hybridized carbons (Fsp3) is 0.385. The van der Waals surface area contributed by atoms with Gasteiger partial charge in [0, 0.05) is 0 Å². The van der Waals surface area contributed by atoms with E-state index >= 15 is 0 Å². The Morgan fingerprint density at radius 3 is 2.20 bits per heavy atom. The van der Waals surface area contributed by atoms with Gasteiger partial charge in [0.2, 0.25) is 0 Å². The normalized spacial score (nSPS) is 15.2. The Kier molecular flexibility index (Phi) is 6.26. The van der Waals surface area contributed by atoms with Gasteiger partial charge in [-0.25, -0.2) is 4.79 Å². The van der Waals surface area contributed by atoms with Gasteiger partial charge in [-0.2, -0.15) is 0 Å². The molecular formula is C13H16O7. The highest BCUT2D eigenvalue weighted by Crippen LogP contribution is 2.10. The van der Waals surface area contributed by atoms with Crippen LogP contribution >= 0.6 is 0 Å². The van der Waals surface area contributed by atoms with Crippen LogP contribution in [0.3, 0.4) is 0 Å². The first-order chi connectivity index (χ1) is 9.51. The van der Waals surface area contributed by atoms with E-state index in [0.717, 1.165) is 0 Å². The maximum Gasteiger partial charge on any atom is 0.338 e. The molecule has 0 heterocycles. The molecule has 1 rings (SSSR count). The number of rotatable bonds is 7. The number of aliphatic hydroxyl groups excluding tert-OH is 4. The molecule has 7 nitrogen and oxygen atoms in total. The van der Waals surface area contributed by atoms with Crippen molar-refractivity contribution in [1.82, 2.24) is 0 Å². The van der Waals surface area contributed by atoms with E-state index in [1.54, 1.807) is 18.2 Å². The number of carbonyl (C=O) groups is 2. The fourth-order valence-corrected chi connectivity index (χ4v) is 1.48. The monoisotopic (exact) mass is 284 g/mol. The van der Waals surface area contributed by atoms with Crippen molar-refractivity contribution in [3.8, 4) is 0 Å². The first kappa shape index (κ1) is 16.3. The molecule has 0 saturated heterocycles. The number of carbonyl (C=O) groups excluding carboxylic acids is 2. The molecule has 0 radical (unpaired) electrons. The summed E-state index contributed by atoms with van der Waals surface area (Å²) in [7, 11) is 0. The highest BCUT2D eigenvalue weighted by atomic mass is 16.6. The number of hydrogen-bond acceptors (Lipinski definition) is 7. The third-order valence-corrected chi connectivity index (χ3v) is 2.64. The van der Waals surface area contributed by atoms with Gasteiger partial charge in [-0.05, 0) is 12.1 Å². The minimum Gasteiger partial charge on any atom is -0.453 e. The van der Waals surface area contributed by atoms with E-state index < -0.39 is 43.3 Å². The molecule has 4 N–H and O–H groups in total. The average Bonchev–Trinajstić information content (AvgIpc) is 2.50. The number of Topliss-reactive ketones (excluding diaryl/α,β-unsaturated/α-hetero) is 1. The van der Waals surface area contributed by atoms with Gasteiger partial charge in [-0.1, -0.05) is 18.2 Å². The Hall–Kier alpha value is -1.80. The quantitative estimate of drug-likeness (QED) is 0.448. The number of ketones is 1. The highest BCUT2D eigenvalue weighted by molar-refractivity contribution is 5.89. The Morgan fingerprint density at radius 1 is 1.10 bits per heavy atom. The van der Waals surface area contributed by atoms with Crippen molar-refractivity contribution in [1.29, 1.82) is 0 Å². The lowest BCUT2D eigenvalue weighted by Gasteiger charge is -2.24. The van der Waals surface area contributed by atoms with Crippen molar-refractivity contribution < 1.29 is 34.8 Å². The number of ether oxygens (including phenoxy) is 1. The first-order valence-corrected chi connectivity index (χ1v) is 5.87. The van der Waals surface area contributed by atoms with Crippen LogP contribution in [-0.2, 0) is 9.53 Å². The average molecular weight is 284 g/mol. The van der Waals surface area contributed by atoms with Crippen LogP contribution < -0.4 is 0 Å². The van der Waals surface area contributed by atoms with E-state index in [2.05, 4.69) is 0 Å². The van der Waals surface area contributed by atoms with Crippen LogP contribution in [0.5, 0.6) is 0 Å². The summed E-state index contributed by atoms with van der Waals surface area (Å²) in [6, 6.07) is 7.84. The van der Waals surface area contributed by atoms with Gasteiger partial charge >= 0.3 is 5.97 Å². The number of aliphatic hydroxyl groups is 4. The smallest absolute Gasteiger partial charge is 0.338 e. The molecule has 7 heteroatoms. The second kappa shape index (κ2) is 7.71. The van der Waals surface area contributed by atoms with E-state index in [9.17, 15) is 19.8 Å². The van der Waals surface area contributed by atoms with Gasteiger partial charge in [0.25, 0.3) is 0 Å². The van der Waals surface area contributed by atoms with Crippen LogP contribution in [0, 0.1) is 0 Å². The third kappa shape index (κ3) is 4.10. The molecule has 0 amide bonds. The Labute approximate surface area is 115 Å². The lowest BCUT2D eigenvalue weighted by molar-refractivity contribution is -0.143. The fourth-order valence-electron chi connectivity index (χ4n) is 1.48. The van der Waals surface area contributed by atoms with Crippen LogP contribution in [-0.4, -0.2) is 63.7 Å². The van der Waals surface area contributed by atoms with E-state index in [4.69, 9.17) is 14.9 Å². The molecule has 0 saturated carbocycles. The summed E-state index contributed by atoms with van der Waals surface area (Å²) in [5.41, 5.74) is 0.195. The molecule has 0 spiro atoms. The zero-order chi connectivity index (χ0) is 15.1. The molecular weight excluding hydrogens is 268 g/mol. The number of esters is 1. The summed E-state index contributed by atoms with van der Waals surface area (Å²) < 4.78 is 4.83. The van der Waals surface area contributed by atoms with E-state index in [-0.39, 0.29) is 5.56 Å². The topological polar surface area (TPSA) is 124 Å². The Morgan fingerprint density at radius 2 is 1.70 bits per heavy atom. The van der Waals surface area contributed by atoms with E-state index in [0.29, 0.717) is 0 Å². The molecule has 1 aromatic carbocycles. The molecule has 20 heavy (non-hydrogen) atoms. The van der Waals surface area contributed by atoms with Crippen molar-refractivity contribution in [2.75, 3.05) is 13.2 Å².